The molecule has 5 nitrogen and oxygen atoms in total. The fourth-order valence-corrected chi connectivity index (χ4v) is 2.17. The number of carbonyl (C=O) groups excluding carboxylic acids is 1. The van der Waals surface area contributed by atoms with Gasteiger partial charge in [0.1, 0.15) is 5.75 Å². The second-order valence-electron chi connectivity index (χ2n) is 4.61. The Morgan fingerprint density at radius 3 is 3.00 bits per heavy atom. The molecule has 0 bridgehead atoms. The summed E-state index contributed by atoms with van der Waals surface area (Å²) in [4.78, 5) is 11.9. The predicted octanol–water partition coefficient (Wildman–Crippen LogP) is 0.424. The number of amides is 1. The number of ether oxygens (including phenoxy) is 1. The maximum Gasteiger partial charge on any atom is 0.237 e. The topological polar surface area (TPSA) is 70.6 Å². The van der Waals surface area contributed by atoms with Crippen molar-refractivity contribution in [3.63, 3.8) is 0 Å². The van der Waals surface area contributed by atoms with Gasteiger partial charge in [-0.15, -0.1) is 0 Å². The van der Waals surface area contributed by atoms with E-state index in [0.29, 0.717) is 26.1 Å². The molecule has 1 heterocycles. The molecular weight excluding hydrogens is 244 g/mol. The Morgan fingerprint density at radius 2 is 2.32 bits per heavy atom. The fourth-order valence-electron chi connectivity index (χ4n) is 2.17. The van der Waals surface area contributed by atoms with Crippen LogP contribution in [0.4, 0.5) is 0 Å². The van der Waals surface area contributed by atoms with Crippen molar-refractivity contribution >= 4 is 5.91 Å². The first-order valence-corrected chi connectivity index (χ1v) is 6.60. The maximum absolute atomic E-state index is 11.9. The van der Waals surface area contributed by atoms with Crippen LogP contribution in [-0.4, -0.2) is 36.3 Å². The first-order valence-electron chi connectivity index (χ1n) is 6.60. The van der Waals surface area contributed by atoms with Crippen LogP contribution in [-0.2, 0) is 11.3 Å². The number of β-amino-alcohol motifs (C(OH)–C–C–N with tert-alkyl or cyclic N) is 1. The Balaban J connectivity index is 1.89. The normalized spacial score (nSPS) is 22.2. The van der Waals surface area contributed by atoms with E-state index in [-0.39, 0.29) is 11.9 Å². The minimum absolute atomic E-state index is 0.0807. The van der Waals surface area contributed by atoms with Gasteiger partial charge in [0.05, 0.1) is 18.8 Å². The van der Waals surface area contributed by atoms with Crippen LogP contribution in [0.1, 0.15) is 18.9 Å². The standard InChI is InChI=1S/C14H20N2O3/c1-2-19-13-6-4-3-5-10(13)8-16-14(18)12-7-11(17)9-15-12/h3-6,11-12,15,17H,2,7-9H2,1H3,(H,16,18)/t11-,12-/m0/s1. The highest BCUT2D eigenvalue weighted by atomic mass is 16.5. The highest BCUT2D eigenvalue weighted by Crippen LogP contribution is 2.17. The molecule has 2 rings (SSSR count). The van der Waals surface area contributed by atoms with E-state index in [2.05, 4.69) is 10.6 Å². The van der Waals surface area contributed by atoms with E-state index in [4.69, 9.17) is 4.74 Å². The summed E-state index contributed by atoms with van der Waals surface area (Å²) in [6.45, 7) is 3.44. The predicted molar refractivity (Wildman–Crippen MR) is 71.9 cm³/mol. The summed E-state index contributed by atoms with van der Waals surface area (Å²) in [6.07, 6.45) is 0.0466. The molecule has 104 valence electrons. The third-order valence-electron chi connectivity index (χ3n) is 3.15. The van der Waals surface area contributed by atoms with E-state index in [1.807, 2.05) is 31.2 Å². The number of hydrogen-bond acceptors (Lipinski definition) is 4. The molecule has 1 aromatic carbocycles. The Kier molecular flexibility index (Phi) is 4.76. The van der Waals surface area contributed by atoms with E-state index in [0.717, 1.165) is 11.3 Å². The Morgan fingerprint density at radius 1 is 1.53 bits per heavy atom. The SMILES string of the molecule is CCOc1ccccc1CNC(=O)[C@@H]1C[C@H](O)CN1. The van der Waals surface area contributed by atoms with Gasteiger partial charge in [0.2, 0.25) is 5.91 Å². The number of rotatable bonds is 5. The summed E-state index contributed by atoms with van der Waals surface area (Å²) in [7, 11) is 0. The van der Waals surface area contributed by atoms with E-state index >= 15 is 0 Å². The van der Waals surface area contributed by atoms with E-state index in [1.54, 1.807) is 0 Å². The van der Waals surface area contributed by atoms with Gasteiger partial charge in [-0.3, -0.25) is 4.79 Å². The third-order valence-corrected chi connectivity index (χ3v) is 3.15. The highest BCUT2D eigenvalue weighted by molar-refractivity contribution is 5.82. The Labute approximate surface area is 113 Å². The zero-order valence-electron chi connectivity index (χ0n) is 11.1. The molecule has 1 aliphatic heterocycles. The fraction of sp³-hybridized carbons (Fsp3) is 0.500. The highest BCUT2D eigenvalue weighted by Gasteiger charge is 2.27. The summed E-state index contributed by atoms with van der Waals surface area (Å²) in [5.74, 6) is 0.715. The number of aliphatic hydroxyl groups excluding tert-OH is 1. The Bertz CT molecular complexity index is 436. The summed E-state index contributed by atoms with van der Waals surface area (Å²) in [6, 6.07) is 7.35. The molecule has 0 spiro atoms. The monoisotopic (exact) mass is 264 g/mol. The minimum atomic E-state index is -0.425. The molecule has 0 aromatic heterocycles. The van der Waals surface area contributed by atoms with Crippen molar-refractivity contribution in [1.82, 2.24) is 10.6 Å². The van der Waals surface area contributed by atoms with Gasteiger partial charge in [0, 0.05) is 18.7 Å². The second-order valence-corrected chi connectivity index (χ2v) is 4.61. The summed E-state index contributed by atoms with van der Waals surface area (Å²) < 4.78 is 5.50. The second kappa shape index (κ2) is 6.54. The molecule has 1 fully saturated rings. The first kappa shape index (κ1) is 13.8. The lowest BCUT2D eigenvalue weighted by Crippen LogP contribution is -2.40. The van der Waals surface area contributed by atoms with E-state index in [9.17, 15) is 9.90 Å². The molecule has 5 heteroatoms. The van der Waals surface area contributed by atoms with Gasteiger partial charge >= 0.3 is 0 Å². The minimum Gasteiger partial charge on any atom is -0.494 e. The van der Waals surface area contributed by atoms with Gasteiger partial charge < -0.3 is 20.5 Å². The van der Waals surface area contributed by atoms with Crippen molar-refractivity contribution in [2.45, 2.75) is 32.0 Å². The van der Waals surface area contributed by atoms with Crippen molar-refractivity contribution < 1.29 is 14.6 Å². The van der Waals surface area contributed by atoms with Crippen LogP contribution in [0.15, 0.2) is 24.3 Å². The van der Waals surface area contributed by atoms with Gasteiger partial charge in [-0.1, -0.05) is 18.2 Å². The summed E-state index contributed by atoms with van der Waals surface area (Å²) in [5, 5.41) is 15.2. The lowest BCUT2D eigenvalue weighted by Gasteiger charge is -2.13. The van der Waals surface area contributed by atoms with E-state index in [1.165, 1.54) is 0 Å². The van der Waals surface area contributed by atoms with Crippen LogP contribution >= 0.6 is 0 Å². The first-order chi connectivity index (χ1) is 9.20. The summed E-state index contributed by atoms with van der Waals surface area (Å²) in [5.41, 5.74) is 0.955. The number of aliphatic hydroxyl groups is 1. The van der Waals surface area contributed by atoms with Crippen molar-refractivity contribution in [3.8, 4) is 5.75 Å². The zero-order valence-corrected chi connectivity index (χ0v) is 11.1. The quantitative estimate of drug-likeness (QED) is 0.721. The van der Waals surface area contributed by atoms with Crippen LogP contribution in [0.5, 0.6) is 5.75 Å². The third kappa shape index (κ3) is 3.68. The van der Waals surface area contributed by atoms with Gasteiger partial charge in [-0.25, -0.2) is 0 Å². The van der Waals surface area contributed by atoms with Gasteiger partial charge in [0.25, 0.3) is 0 Å². The van der Waals surface area contributed by atoms with E-state index < -0.39 is 6.10 Å². The molecule has 0 radical (unpaired) electrons. The maximum atomic E-state index is 11.9. The Hall–Kier alpha value is -1.59. The molecule has 19 heavy (non-hydrogen) atoms. The number of para-hydroxylation sites is 1. The lowest BCUT2D eigenvalue weighted by atomic mass is 10.1. The van der Waals surface area contributed by atoms with Crippen molar-refractivity contribution in [2.75, 3.05) is 13.2 Å². The van der Waals surface area contributed by atoms with Crippen LogP contribution in [0.25, 0.3) is 0 Å². The number of nitrogens with one attached hydrogen (secondary N) is 2. The number of benzene rings is 1. The van der Waals surface area contributed by atoms with Gasteiger partial charge in [0.15, 0.2) is 0 Å². The molecule has 1 amide bonds. The van der Waals surface area contributed by atoms with Crippen molar-refractivity contribution in [1.29, 1.82) is 0 Å². The molecule has 1 saturated heterocycles. The largest absolute Gasteiger partial charge is 0.494 e. The number of carbonyl (C=O) groups is 1. The van der Waals surface area contributed by atoms with Crippen LogP contribution in [0, 0.1) is 0 Å². The van der Waals surface area contributed by atoms with Crippen molar-refractivity contribution in [3.05, 3.63) is 29.8 Å². The molecular formula is C14H20N2O3. The molecule has 0 saturated carbocycles. The summed E-state index contributed by atoms with van der Waals surface area (Å²) >= 11 is 0. The zero-order chi connectivity index (χ0) is 13.7. The lowest BCUT2D eigenvalue weighted by molar-refractivity contribution is -0.123. The van der Waals surface area contributed by atoms with Crippen LogP contribution in [0.2, 0.25) is 0 Å². The average Bonchev–Trinajstić information content (AvgIpc) is 2.84. The van der Waals surface area contributed by atoms with Crippen molar-refractivity contribution in [2.24, 2.45) is 0 Å². The molecule has 0 unspecified atom stereocenters. The molecule has 0 aliphatic carbocycles. The molecule has 2 atom stereocenters. The van der Waals surface area contributed by atoms with Gasteiger partial charge in [-0.05, 0) is 19.4 Å². The molecule has 1 aliphatic rings. The smallest absolute Gasteiger partial charge is 0.237 e. The van der Waals surface area contributed by atoms with Crippen LogP contribution in [0.3, 0.4) is 0 Å². The van der Waals surface area contributed by atoms with Crippen LogP contribution < -0.4 is 15.4 Å². The molecule has 1 aromatic rings. The molecule has 3 N–H and O–H groups in total. The van der Waals surface area contributed by atoms with Gasteiger partial charge in [-0.2, -0.15) is 0 Å². The average molecular weight is 264 g/mol. The number of hydrogen-bond donors (Lipinski definition) is 3.